The molecule has 0 saturated carbocycles. The number of ether oxygens (including phenoxy) is 2. The fraction of sp³-hybridized carbons (Fsp3) is 0.250. The van der Waals surface area contributed by atoms with E-state index in [4.69, 9.17) is 9.47 Å². The van der Waals surface area contributed by atoms with Gasteiger partial charge in [0.25, 0.3) is 5.91 Å². The van der Waals surface area contributed by atoms with E-state index in [1.54, 1.807) is 18.2 Å². The van der Waals surface area contributed by atoms with Crippen molar-refractivity contribution in [1.82, 2.24) is 5.32 Å². The maximum Gasteiger partial charge on any atom is 0.346 e. The molecule has 0 spiro atoms. The molecule has 1 amide bonds. The highest BCUT2D eigenvalue weighted by molar-refractivity contribution is 5.94. The number of amides is 1. The molecule has 2 atom stereocenters. The number of carbonyl (C=O) groups excluding carboxylic acids is 2. The third-order valence-corrected chi connectivity index (χ3v) is 3.75. The summed E-state index contributed by atoms with van der Waals surface area (Å²) in [6.07, 6.45) is -2.29. The molecule has 0 saturated heterocycles. The van der Waals surface area contributed by atoms with E-state index in [1.807, 2.05) is 0 Å². The van der Waals surface area contributed by atoms with E-state index in [9.17, 15) is 23.9 Å². The molecule has 0 bridgehead atoms. The van der Waals surface area contributed by atoms with Crippen LogP contribution in [-0.4, -0.2) is 41.5 Å². The van der Waals surface area contributed by atoms with Crippen molar-refractivity contribution in [3.63, 3.8) is 0 Å². The average molecular weight is 389 g/mol. The largest absolute Gasteiger partial charge is 0.481 e. The molecule has 0 fully saturated rings. The molecule has 2 unspecified atom stereocenters. The lowest BCUT2D eigenvalue weighted by Gasteiger charge is -2.18. The van der Waals surface area contributed by atoms with E-state index in [0.717, 1.165) is 12.1 Å². The summed E-state index contributed by atoms with van der Waals surface area (Å²) in [5, 5.41) is 11.7. The summed E-state index contributed by atoms with van der Waals surface area (Å²) >= 11 is 0. The first-order valence-electron chi connectivity index (χ1n) is 8.46. The Morgan fingerprint density at radius 1 is 1.07 bits per heavy atom. The summed E-state index contributed by atoms with van der Waals surface area (Å²) in [6.45, 7) is 2.60. The summed E-state index contributed by atoms with van der Waals surface area (Å²) in [4.78, 5) is 34.9. The van der Waals surface area contributed by atoms with Crippen molar-refractivity contribution >= 4 is 17.7 Å². The average Bonchev–Trinajstić information content (AvgIpc) is 2.66. The first kappa shape index (κ1) is 20.9. The van der Waals surface area contributed by atoms with Crippen molar-refractivity contribution in [1.29, 1.82) is 0 Å². The molecule has 0 aromatic heterocycles. The Kier molecular flexibility index (Phi) is 7.08. The highest BCUT2D eigenvalue weighted by Gasteiger charge is 2.23. The Labute approximate surface area is 161 Å². The van der Waals surface area contributed by atoms with Crippen LogP contribution in [0.15, 0.2) is 48.5 Å². The zero-order chi connectivity index (χ0) is 20.7. The van der Waals surface area contributed by atoms with Gasteiger partial charge >= 0.3 is 5.97 Å². The molecule has 148 valence electrons. The van der Waals surface area contributed by atoms with Crippen LogP contribution in [0, 0.1) is 5.82 Å². The van der Waals surface area contributed by atoms with Crippen molar-refractivity contribution in [2.45, 2.75) is 26.1 Å². The molecule has 0 aliphatic carbocycles. The topological polar surface area (TPSA) is 102 Å². The standard InChI is InChI=1S/C20H20FNO6/c1-12(23)14-4-3-5-17(10-14)27-13(2)19(24)22-11-18(20(25)26)28-16-8-6-15(21)7-9-16/h3-10,13,18H,11H2,1-2H3,(H,22,24)(H,25,26). The summed E-state index contributed by atoms with van der Waals surface area (Å²) < 4.78 is 23.7. The number of nitrogens with one attached hydrogen (secondary N) is 1. The fourth-order valence-electron chi connectivity index (χ4n) is 2.24. The predicted molar refractivity (Wildman–Crippen MR) is 98.0 cm³/mol. The third kappa shape index (κ3) is 6.08. The molecule has 0 aliphatic rings. The van der Waals surface area contributed by atoms with E-state index >= 15 is 0 Å². The lowest BCUT2D eigenvalue weighted by atomic mass is 10.1. The molecule has 0 aliphatic heterocycles. The molecule has 0 heterocycles. The minimum absolute atomic E-state index is 0.134. The minimum Gasteiger partial charge on any atom is -0.481 e. The number of carbonyl (C=O) groups is 3. The van der Waals surface area contributed by atoms with Gasteiger partial charge in [-0.15, -0.1) is 0 Å². The SMILES string of the molecule is CC(=O)c1cccc(OC(C)C(=O)NCC(Oc2ccc(F)cc2)C(=O)O)c1. The lowest BCUT2D eigenvalue weighted by molar-refractivity contribution is -0.145. The highest BCUT2D eigenvalue weighted by atomic mass is 19.1. The Bertz CT molecular complexity index is 852. The van der Waals surface area contributed by atoms with Crippen LogP contribution in [0.4, 0.5) is 4.39 Å². The number of rotatable bonds is 9. The molecule has 2 N–H and O–H groups in total. The van der Waals surface area contributed by atoms with Crippen LogP contribution in [0.25, 0.3) is 0 Å². The number of Topliss-reactive ketones (excluding diaryl/α,β-unsaturated/α-hetero) is 1. The van der Waals surface area contributed by atoms with E-state index in [-0.39, 0.29) is 18.1 Å². The van der Waals surface area contributed by atoms with Crippen molar-refractivity contribution in [2.24, 2.45) is 0 Å². The summed E-state index contributed by atoms with van der Waals surface area (Å²) in [7, 11) is 0. The number of carboxylic acids is 1. The zero-order valence-electron chi connectivity index (χ0n) is 15.3. The maximum absolute atomic E-state index is 12.9. The van der Waals surface area contributed by atoms with Gasteiger partial charge in [0.05, 0.1) is 6.54 Å². The van der Waals surface area contributed by atoms with Crippen LogP contribution in [0.5, 0.6) is 11.5 Å². The number of hydrogen-bond acceptors (Lipinski definition) is 5. The second-order valence-electron chi connectivity index (χ2n) is 5.99. The van der Waals surface area contributed by atoms with E-state index in [0.29, 0.717) is 11.3 Å². The number of benzene rings is 2. The predicted octanol–water partition coefficient (Wildman–Crippen LogP) is 2.44. The zero-order valence-corrected chi connectivity index (χ0v) is 15.3. The Balaban J connectivity index is 1.92. The number of ketones is 1. The van der Waals surface area contributed by atoms with E-state index in [2.05, 4.69) is 5.32 Å². The van der Waals surface area contributed by atoms with Gasteiger partial charge in [-0.25, -0.2) is 9.18 Å². The van der Waals surface area contributed by atoms with Crippen LogP contribution in [0.3, 0.4) is 0 Å². The van der Waals surface area contributed by atoms with Crippen molar-refractivity contribution < 1.29 is 33.4 Å². The van der Waals surface area contributed by atoms with Crippen molar-refractivity contribution in [3.05, 3.63) is 59.9 Å². The molecule has 8 heteroatoms. The van der Waals surface area contributed by atoms with Gasteiger partial charge in [0, 0.05) is 5.56 Å². The Morgan fingerprint density at radius 2 is 1.75 bits per heavy atom. The van der Waals surface area contributed by atoms with Crippen LogP contribution in [0.1, 0.15) is 24.2 Å². The molecule has 2 rings (SSSR count). The Hall–Kier alpha value is -3.42. The smallest absolute Gasteiger partial charge is 0.346 e. The quantitative estimate of drug-likeness (QED) is 0.639. The van der Waals surface area contributed by atoms with Gasteiger partial charge in [0.15, 0.2) is 11.9 Å². The van der Waals surface area contributed by atoms with Gasteiger partial charge in [-0.3, -0.25) is 9.59 Å². The number of aliphatic carboxylic acids is 1. The maximum atomic E-state index is 12.9. The van der Waals surface area contributed by atoms with Crippen LogP contribution in [0.2, 0.25) is 0 Å². The summed E-state index contributed by atoms with van der Waals surface area (Å²) in [5.41, 5.74) is 0.448. The van der Waals surface area contributed by atoms with E-state index < -0.39 is 29.9 Å². The summed E-state index contributed by atoms with van der Waals surface area (Å²) in [6, 6.07) is 11.2. The first-order valence-corrected chi connectivity index (χ1v) is 8.46. The highest BCUT2D eigenvalue weighted by Crippen LogP contribution is 2.16. The van der Waals surface area contributed by atoms with Gasteiger partial charge in [-0.2, -0.15) is 0 Å². The van der Waals surface area contributed by atoms with Crippen LogP contribution < -0.4 is 14.8 Å². The fourth-order valence-corrected chi connectivity index (χ4v) is 2.24. The monoisotopic (exact) mass is 389 g/mol. The van der Waals surface area contributed by atoms with Gasteiger partial charge in [-0.05, 0) is 50.2 Å². The summed E-state index contributed by atoms with van der Waals surface area (Å²) in [5.74, 6) is -1.95. The number of hydrogen-bond donors (Lipinski definition) is 2. The molecule has 2 aromatic carbocycles. The Morgan fingerprint density at radius 3 is 2.36 bits per heavy atom. The van der Waals surface area contributed by atoms with Crippen LogP contribution >= 0.6 is 0 Å². The molecule has 2 aromatic rings. The van der Waals surface area contributed by atoms with Gasteiger partial charge in [0.1, 0.15) is 17.3 Å². The first-order chi connectivity index (χ1) is 13.3. The molecule has 28 heavy (non-hydrogen) atoms. The minimum atomic E-state index is -1.36. The van der Waals surface area contributed by atoms with Gasteiger partial charge < -0.3 is 19.9 Å². The van der Waals surface area contributed by atoms with Gasteiger partial charge in [-0.1, -0.05) is 12.1 Å². The van der Waals surface area contributed by atoms with E-state index in [1.165, 1.54) is 32.0 Å². The third-order valence-electron chi connectivity index (χ3n) is 3.75. The number of carboxylic acid groups (broad SMARTS) is 1. The van der Waals surface area contributed by atoms with Crippen molar-refractivity contribution in [2.75, 3.05) is 6.54 Å². The van der Waals surface area contributed by atoms with Crippen molar-refractivity contribution in [3.8, 4) is 11.5 Å². The molecular formula is C20H20FNO6. The normalized spacial score (nSPS) is 12.5. The molecular weight excluding hydrogens is 369 g/mol. The number of halogens is 1. The molecule has 7 nitrogen and oxygen atoms in total. The lowest BCUT2D eigenvalue weighted by Crippen LogP contribution is -2.44. The second-order valence-corrected chi connectivity index (χ2v) is 5.99. The second kappa shape index (κ2) is 9.50. The van der Waals surface area contributed by atoms with Gasteiger partial charge in [0.2, 0.25) is 6.10 Å². The molecule has 0 radical (unpaired) electrons. The van der Waals surface area contributed by atoms with Crippen LogP contribution in [-0.2, 0) is 9.59 Å².